The van der Waals surface area contributed by atoms with Gasteiger partial charge in [-0.05, 0) is 24.3 Å². The van der Waals surface area contributed by atoms with Crippen LogP contribution in [0, 0.1) is 0 Å². The summed E-state index contributed by atoms with van der Waals surface area (Å²) in [6.45, 7) is -0.756. The minimum atomic E-state index is -0.672. The molecule has 2 rings (SSSR count). The van der Waals surface area contributed by atoms with Gasteiger partial charge in [0.2, 0.25) is 11.8 Å². The number of amides is 2. The second-order valence-electron chi connectivity index (χ2n) is 5.30. The smallest absolute Gasteiger partial charge is 0.330 e. The average molecular weight is 370 g/mol. The van der Waals surface area contributed by atoms with Crippen LogP contribution in [0.4, 0.5) is 0 Å². The normalized spacial score (nSPS) is 9.78. The van der Waals surface area contributed by atoms with Crippen molar-refractivity contribution in [3.63, 3.8) is 0 Å². The number of carbonyl (C=O) groups excluding carboxylic acids is 4. The molecular weight excluding hydrogens is 352 g/mol. The highest BCUT2D eigenvalue weighted by molar-refractivity contribution is 5.98. The molecule has 0 radical (unpaired) electrons. The van der Waals surface area contributed by atoms with Crippen LogP contribution in [0.25, 0.3) is 0 Å². The van der Waals surface area contributed by atoms with Crippen molar-refractivity contribution >= 4 is 23.8 Å². The summed E-state index contributed by atoms with van der Waals surface area (Å²) in [5.41, 5.74) is 0. The van der Waals surface area contributed by atoms with Gasteiger partial charge in [0.1, 0.15) is 31.0 Å². The van der Waals surface area contributed by atoms with Crippen molar-refractivity contribution in [2.75, 3.05) is 13.1 Å². The molecule has 2 aromatic rings. The van der Waals surface area contributed by atoms with E-state index in [2.05, 4.69) is 10.6 Å². The Morgan fingerprint density at radius 1 is 0.630 bits per heavy atom. The van der Waals surface area contributed by atoms with Gasteiger partial charge in [0.05, 0.1) is 0 Å². The van der Waals surface area contributed by atoms with Crippen LogP contribution >= 0.6 is 0 Å². The molecule has 8 nitrogen and oxygen atoms in total. The molecule has 0 aliphatic heterocycles. The summed E-state index contributed by atoms with van der Waals surface area (Å²) >= 11 is 0. The summed E-state index contributed by atoms with van der Waals surface area (Å²) in [4.78, 5) is 46.5. The monoisotopic (exact) mass is 370 g/mol. The average Bonchev–Trinajstić information content (AvgIpc) is 2.66. The number of ether oxygens (including phenoxy) is 2. The van der Waals surface area contributed by atoms with E-state index in [0.717, 1.165) is 0 Å². The fourth-order valence-corrected chi connectivity index (χ4v) is 1.92. The molecule has 0 fully saturated rings. The Kier molecular flexibility index (Phi) is 7.52. The number of carbonyl (C=O) groups is 4. The van der Waals surface area contributed by atoms with E-state index in [9.17, 15) is 19.2 Å². The Bertz CT molecular complexity index is 725. The maximum Gasteiger partial charge on any atom is 0.330 e. The summed E-state index contributed by atoms with van der Waals surface area (Å²) in [5.74, 6) is -1.97. The molecule has 2 N–H and O–H groups in total. The lowest BCUT2D eigenvalue weighted by atomic mass is 10.3. The maximum absolute atomic E-state index is 11.7. The maximum atomic E-state index is 11.7. The fraction of sp³-hybridized carbons (Fsp3) is 0.158. The van der Waals surface area contributed by atoms with Crippen LogP contribution in [-0.4, -0.2) is 36.8 Å². The third-order valence-corrected chi connectivity index (χ3v) is 3.13. The largest absolute Gasteiger partial charge is 0.425 e. The lowest BCUT2D eigenvalue weighted by Gasteiger charge is -2.07. The zero-order chi connectivity index (χ0) is 19.5. The molecule has 2 aromatic carbocycles. The quantitative estimate of drug-likeness (QED) is 0.404. The first kappa shape index (κ1) is 19.6. The van der Waals surface area contributed by atoms with Crippen molar-refractivity contribution in [2.45, 2.75) is 6.42 Å². The Labute approximate surface area is 155 Å². The van der Waals surface area contributed by atoms with Gasteiger partial charge in [0.25, 0.3) is 0 Å². The molecule has 0 aliphatic rings. The molecule has 0 saturated carbocycles. The molecule has 8 heteroatoms. The Hall–Kier alpha value is -3.68. The number of esters is 2. The van der Waals surface area contributed by atoms with E-state index in [1.54, 1.807) is 60.7 Å². The van der Waals surface area contributed by atoms with Crippen LogP contribution in [0.15, 0.2) is 60.7 Å². The molecule has 27 heavy (non-hydrogen) atoms. The molecule has 0 aliphatic carbocycles. The van der Waals surface area contributed by atoms with E-state index in [1.165, 1.54) is 0 Å². The van der Waals surface area contributed by atoms with Crippen LogP contribution < -0.4 is 20.1 Å². The first-order chi connectivity index (χ1) is 13.0. The number of nitrogens with one attached hydrogen (secondary N) is 2. The number of benzene rings is 2. The van der Waals surface area contributed by atoms with Gasteiger partial charge >= 0.3 is 11.9 Å². The van der Waals surface area contributed by atoms with Gasteiger partial charge in [-0.15, -0.1) is 0 Å². The van der Waals surface area contributed by atoms with Crippen molar-refractivity contribution < 1.29 is 28.7 Å². The summed E-state index contributed by atoms with van der Waals surface area (Å²) in [5, 5.41) is 4.54. The number of para-hydroxylation sites is 2. The molecule has 140 valence electrons. The SMILES string of the molecule is O=C(CC(=O)NCC(=O)Oc1ccccc1)NCC(=O)Oc1ccccc1. The Morgan fingerprint density at radius 3 is 1.37 bits per heavy atom. The van der Waals surface area contributed by atoms with Gasteiger partial charge in [-0.2, -0.15) is 0 Å². The molecule has 0 heterocycles. The van der Waals surface area contributed by atoms with Gasteiger partial charge in [-0.25, -0.2) is 9.59 Å². The predicted molar refractivity (Wildman–Crippen MR) is 94.8 cm³/mol. The second kappa shape index (κ2) is 10.3. The van der Waals surface area contributed by atoms with E-state index in [-0.39, 0.29) is 13.1 Å². The van der Waals surface area contributed by atoms with E-state index in [4.69, 9.17) is 9.47 Å². The highest BCUT2D eigenvalue weighted by atomic mass is 16.5. The molecule has 0 unspecified atom stereocenters. The van der Waals surface area contributed by atoms with E-state index < -0.39 is 30.2 Å². The molecule has 0 saturated heterocycles. The lowest BCUT2D eigenvalue weighted by molar-refractivity contribution is -0.138. The standard InChI is InChI=1S/C19H18N2O6/c22-16(20-12-18(24)26-14-7-3-1-4-8-14)11-17(23)21-13-19(25)27-15-9-5-2-6-10-15/h1-10H,11-13H2,(H,20,22)(H,21,23). The molecule has 0 atom stereocenters. The minimum absolute atomic E-state index is 0.353. The zero-order valence-corrected chi connectivity index (χ0v) is 14.3. The van der Waals surface area contributed by atoms with Crippen LogP contribution in [-0.2, 0) is 19.2 Å². The predicted octanol–water partition coefficient (Wildman–Crippen LogP) is 0.820. The lowest BCUT2D eigenvalue weighted by Crippen LogP contribution is -2.38. The van der Waals surface area contributed by atoms with Crippen molar-refractivity contribution in [3.8, 4) is 11.5 Å². The van der Waals surface area contributed by atoms with Crippen LogP contribution in [0.5, 0.6) is 11.5 Å². The minimum Gasteiger partial charge on any atom is -0.425 e. The van der Waals surface area contributed by atoms with E-state index >= 15 is 0 Å². The third kappa shape index (κ3) is 7.82. The molecule has 0 bridgehead atoms. The van der Waals surface area contributed by atoms with Gasteiger partial charge in [0.15, 0.2) is 0 Å². The fourth-order valence-electron chi connectivity index (χ4n) is 1.92. The van der Waals surface area contributed by atoms with Gasteiger partial charge in [-0.1, -0.05) is 36.4 Å². The first-order valence-corrected chi connectivity index (χ1v) is 8.08. The highest BCUT2D eigenvalue weighted by Crippen LogP contribution is 2.08. The van der Waals surface area contributed by atoms with Gasteiger partial charge in [0, 0.05) is 0 Å². The molecule has 2 amide bonds. The molecule has 0 aromatic heterocycles. The van der Waals surface area contributed by atoms with Gasteiger partial charge < -0.3 is 20.1 Å². The van der Waals surface area contributed by atoms with Crippen molar-refractivity contribution in [1.29, 1.82) is 0 Å². The topological polar surface area (TPSA) is 111 Å². The zero-order valence-electron chi connectivity index (χ0n) is 14.3. The highest BCUT2D eigenvalue weighted by Gasteiger charge is 2.13. The molecule has 0 spiro atoms. The van der Waals surface area contributed by atoms with Crippen molar-refractivity contribution in [2.24, 2.45) is 0 Å². The van der Waals surface area contributed by atoms with E-state index in [1.807, 2.05) is 0 Å². The Balaban J connectivity index is 1.62. The summed E-state index contributed by atoms with van der Waals surface area (Å²) in [6, 6.07) is 16.7. The number of rotatable bonds is 8. The first-order valence-electron chi connectivity index (χ1n) is 8.08. The summed E-state index contributed by atoms with van der Waals surface area (Å²) in [7, 11) is 0. The Morgan fingerprint density at radius 2 is 1.00 bits per heavy atom. The second-order valence-corrected chi connectivity index (χ2v) is 5.30. The van der Waals surface area contributed by atoms with Crippen molar-refractivity contribution in [1.82, 2.24) is 10.6 Å². The summed E-state index contributed by atoms with van der Waals surface area (Å²) < 4.78 is 9.98. The van der Waals surface area contributed by atoms with Crippen LogP contribution in [0.1, 0.15) is 6.42 Å². The molecular formula is C19H18N2O6. The third-order valence-electron chi connectivity index (χ3n) is 3.13. The van der Waals surface area contributed by atoms with Crippen LogP contribution in [0.3, 0.4) is 0 Å². The van der Waals surface area contributed by atoms with E-state index in [0.29, 0.717) is 11.5 Å². The van der Waals surface area contributed by atoms with Crippen molar-refractivity contribution in [3.05, 3.63) is 60.7 Å². The number of hydrogen-bond donors (Lipinski definition) is 2. The van der Waals surface area contributed by atoms with Gasteiger partial charge in [-0.3, -0.25) is 9.59 Å². The summed E-state index contributed by atoms with van der Waals surface area (Å²) in [6.07, 6.45) is -0.531. The van der Waals surface area contributed by atoms with Crippen LogP contribution in [0.2, 0.25) is 0 Å². The number of hydrogen-bond acceptors (Lipinski definition) is 6.